The Morgan fingerprint density at radius 2 is 2.18 bits per heavy atom. The molecule has 1 atom stereocenters. The van der Waals surface area contributed by atoms with E-state index in [0.29, 0.717) is 0 Å². The highest BCUT2D eigenvalue weighted by Crippen LogP contribution is 2.40. The van der Waals surface area contributed by atoms with Gasteiger partial charge in [-0.1, -0.05) is 0 Å². The Kier molecular flexibility index (Phi) is 4.78. The minimum atomic E-state index is -4.06. The molecule has 0 amide bonds. The molecule has 0 heterocycles. The zero-order chi connectivity index (χ0) is 8.91. The zero-order valence-corrected chi connectivity index (χ0v) is 6.69. The third-order valence-corrected chi connectivity index (χ3v) is 1.50. The summed E-state index contributed by atoms with van der Waals surface area (Å²) in [6.07, 6.45) is -1.65. The van der Waals surface area contributed by atoms with E-state index in [4.69, 9.17) is 15.1 Å². The average molecular weight is 187 g/mol. The van der Waals surface area contributed by atoms with Gasteiger partial charge in [-0.3, -0.25) is 4.52 Å². The lowest BCUT2D eigenvalue weighted by Crippen LogP contribution is -2.25. The molecule has 0 saturated heterocycles. The molecule has 0 spiro atoms. The first kappa shape index (κ1) is 11.0. The zero-order valence-electron chi connectivity index (χ0n) is 5.80. The van der Waals surface area contributed by atoms with Crippen LogP contribution in [0.25, 0.3) is 0 Å². The van der Waals surface area contributed by atoms with Crippen molar-refractivity contribution in [3.8, 4) is 0 Å². The van der Waals surface area contributed by atoms with Gasteiger partial charge < -0.3 is 15.1 Å². The number of nitrogens with one attached hydrogen (secondary N) is 1. The van der Waals surface area contributed by atoms with E-state index >= 15 is 0 Å². The van der Waals surface area contributed by atoms with Crippen molar-refractivity contribution in [3.63, 3.8) is 0 Å². The van der Waals surface area contributed by atoms with Crippen molar-refractivity contribution in [1.29, 1.82) is 0 Å². The Hall–Kier alpha value is -0.0100. The highest BCUT2D eigenvalue weighted by Gasteiger charge is 2.18. The van der Waals surface area contributed by atoms with Gasteiger partial charge in [0.25, 0.3) is 0 Å². The topological polar surface area (TPSA) is 108 Å². The monoisotopic (exact) mass is 187 g/mol. The first-order chi connectivity index (χ1) is 4.98. The molecule has 0 aliphatic rings. The lowest BCUT2D eigenvalue weighted by atomic mass is 10.7. The van der Waals surface area contributed by atoms with E-state index < -0.39 is 14.1 Å². The fraction of sp³-hybridized carbons (Fsp3) is 1.00. The van der Waals surface area contributed by atoms with Crippen LogP contribution in [0.2, 0.25) is 0 Å². The molecule has 0 saturated carbocycles. The smallest absolute Gasteiger partial charge is 0.367 e. The SMILES string of the molecule is COP(=O)(O)ONCC(O)O. The van der Waals surface area contributed by atoms with E-state index in [1.165, 1.54) is 0 Å². The van der Waals surface area contributed by atoms with Gasteiger partial charge in [0.15, 0.2) is 6.29 Å². The maximum Gasteiger partial charge on any atom is 0.488 e. The van der Waals surface area contributed by atoms with Crippen LogP contribution in [0.3, 0.4) is 0 Å². The molecule has 0 aromatic rings. The Morgan fingerprint density at radius 3 is 2.55 bits per heavy atom. The predicted octanol–water partition coefficient (Wildman–Crippen LogP) is -1.43. The van der Waals surface area contributed by atoms with Crippen LogP contribution in [0.4, 0.5) is 0 Å². The Morgan fingerprint density at radius 1 is 1.64 bits per heavy atom. The maximum absolute atomic E-state index is 10.4. The second kappa shape index (κ2) is 4.78. The van der Waals surface area contributed by atoms with Crippen molar-refractivity contribution in [2.75, 3.05) is 13.7 Å². The summed E-state index contributed by atoms with van der Waals surface area (Å²) in [6.45, 7) is -0.381. The standard InChI is InChI=1S/C3H10NO6P/c1-9-11(7,8)10-4-2-3(5)6/h3-6H,2H2,1H3,(H,7,8). The predicted molar refractivity (Wildman–Crippen MR) is 34.1 cm³/mol. The summed E-state index contributed by atoms with van der Waals surface area (Å²) in [4.78, 5) is 8.52. The molecule has 68 valence electrons. The molecule has 0 bridgehead atoms. The molecule has 8 heteroatoms. The number of hydrogen-bond donors (Lipinski definition) is 4. The van der Waals surface area contributed by atoms with Crippen molar-refractivity contribution < 1.29 is 28.8 Å². The van der Waals surface area contributed by atoms with Gasteiger partial charge in [-0.15, -0.1) is 0 Å². The molecule has 0 fully saturated rings. The van der Waals surface area contributed by atoms with Crippen LogP contribution in [0.5, 0.6) is 0 Å². The van der Waals surface area contributed by atoms with Crippen molar-refractivity contribution in [1.82, 2.24) is 5.48 Å². The Balaban J connectivity index is 3.46. The minimum Gasteiger partial charge on any atom is -0.367 e. The fourth-order valence-electron chi connectivity index (χ4n) is 0.231. The molecular weight excluding hydrogens is 177 g/mol. The first-order valence-electron chi connectivity index (χ1n) is 2.64. The molecule has 4 N–H and O–H groups in total. The van der Waals surface area contributed by atoms with Crippen molar-refractivity contribution in [3.05, 3.63) is 0 Å². The largest absolute Gasteiger partial charge is 0.488 e. The van der Waals surface area contributed by atoms with Crippen LogP contribution in [0, 0.1) is 0 Å². The highest BCUT2D eigenvalue weighted by atomic mass is 31.2. The van der Waals surface area contributed by atoms with Gasteiger partial charge >= 0.3 is 7.82 Å². The second-order valence-corrected chi connectivity index (χ2v) is 3.06. The van der Waals surface area contributed by atoms with E-state index in [1.54, 1.807) is 0 Å². The summed E-state index contributed by atoms with van der Waals surface area (Å²) in [7, 11) is -3.08. The van der Waals surface area contributed by atoms with Crippen LogP contribution >= 0.6 is 7.82 Å². The molecule has 0 aliphatic heterocycles. The summed E-state index contributed by atoms with van der Waals surface area (Å²) < 4.78 is 18.4. The molecule has 1 unspecified atom stereocenters. The van der Waals surface area contributed by atoms with Crippen LogP contribution in [0.15, 0.2) is 0 Å². The molecule has 0 rings (SSSR count). The number of phosphoric acid groups is 1. The Labute approximate surface area is 63.1 Å². The number of rotatable bonds is 5. The van der Waals surface area contributed by atoms with Gasteiger partial charge in [0.2, 0.25) is 0 Å². The van der Waals surface area contributed by atoms with E-state index in [2.05, 4.69) is 9.15 Å². The van der Waals surface area contributed by atoms with Crippen LogP contribution in [0.1, 0.15) is 0 Å². The van der Waals surface area contributed by atoms with Crippen LogP contribution < -0.4 is 5.48 Å². The first-order valence-corrected chi connectivity index (χ1v) is 4.13. The number of hydroxylamine groups is 1. The van der Waals surface area contributed by atoms with Crippen molar-refractivity contribution in [2.24, 2.45) is 0 Å². The quantitative estimate of drug-likeness (QED) is 0.237. The molecule has 0 radical (unpaired) electrons. The summed E-state index contributed by atoms with van der Waals surface area (Å²) in [5.74, 6) is 0. The maximum atomic E-state index is 10.4. The lowest BCUT2D eigenvalue weighted by Gasteiger charge is -2.09. The normalized spacial score (nSPS) is 16.8. The van der Waals surface area contributed by atoms with E-state index in [0.717, 1.165) is 7.11 Å². The summed E-state index contributed by atoms with van der Waals surface area (Å²) in [6, 6.07) is 0. The van der Waals surface area contributed by atoms with E-state index in [9.17, 15) is 4.57 Å². The fourth-order valence-corrected chi connectivity index (χ4v) is 0.543. The average Bonchev–Trinajstić information content (AvgIpc) is 1.87. The number of aliphatic hydroxyl groups excluding tert-OH is 1. The van der Waals surface area contributed by atoms with Crippen molar-refractivity contribution >= 4 is 7.82 Å². The van der Waals surface area contributed by atoms with Gasteiger partial charge in [0.1, 0.15) is 0 Å². The lowest BCUT2D eigenvalue weighted by molar-refractivity contribution is -0.0574. The van der Waals surface area contributed by atoms with Crippen molar-refractivity contribution in [2.45, 2.75) is 6.29 Å². The number of aliphatic hydroxyl groups is 2. The molecule has 7 nitrogen and oxygen atoms in total. The third kappa shape index (κ3) is 6.39. The molecule has 0 aromatic carbocycles. The molecule has 11 heavy (non-hydrogen) atoms. The number of hydrogen-bond acceptors (Lipinski definition) is 6. The summed E-state index contributed by atoms with van der Waals surface area (Å²) in [5.41, 5.74) is 1.84. The third-order valence-electron chi connectivity index (χ3n) is 0.677. The van der Waals surface area contributed by atoms with Gasteiger partial charge in [-0.05, 0) is 0 Å². The highest BCUT2D eigenvalue weighted by molar-refractivity contribution is 7.47. The second-order valence-electron chi connectivity index (χ2n) is 1.57. The molecule has 0 aromatic heterocycles. The van der Waals surface area contributed by atoms with Gasteiger partial charge in [-0.2, -0.15) is 10.1 Å². The van der Waals surface area contributed by atoms with Crippen LogP contribution in [-0.4, -0.2) is 35.1 Å². The van der Waals surface area contributed by atoms with E-state index in [-0.39, 0.29) is 6.54 Å². The van der Waals surface area contributed by atoms with Gasteiger partial charge in [0.05, 0.1) is 6.54 Å². The summed E-state index contributed by atoms with van der Waals surface area (Å²) >= 11 is 0. The molecule has 0 aliphatic carbocycles. The minimum absolute atomic E-state index is 0.381. The number of phosphoric ester groups is 1. The summed E-state index contributed by atoms with van der Waals surface area (Å²) in [5, 5.41) is 16.4. The van der Waals surface area contributed by atoms with Crippen LogP contribution in [-0.2, 0) is 13.7 Å². The molecular formula is C3H10NO6P. The van der Waals surface area contributed by atoms with E-state index in [1.807, 2.05) is 5.48 Å². The van der Waals surface area contributed by atoms with Gasteiger partial charge in [0, 0.05) is 7.11 Å². The van der Waals surface area contributed by atoms with Gasteiger partial charge in [-0.25, -0.2) is 4.57 Å². The Bertz CT molecular complexity index is 149.